The molecular formula is C32H19N3O. The highest BCUT2D eigenvalue weighted by Gasteiger charge is 2.28. The summed E-state index contributed by atoms with van der Waals surface area (Å²) in [4.78, 5) is 5.12. The lowest BCUT2D eigenvalue weighted by Gasteiger charge is -2.23. The van der Waals surface area contributed by atoms with Gasteiger partial charge in [-0.25, -0.2) is 4.99 Å². The predicted octanol–water partition coefficient (Wildman–Crippen LogP) is 8.24. The van der Waals surface area contributed by atoms with Crippen molar-refractivity contribution in [1.82, 2.24) is 4.40 Å². The van der Waals surface area contributed by atoms with Gasteiger partial charge in [0.05, 0.1) is 28.5 Å². The van der Waals surface area contributed by atoms with Crippen LogP contribution in [0.3, 0.4) is 0 Å². The third kappa shape index (κ3) is 2.26. The van der Waals surface area contributed by atoms with E-state index in [1.54, 1.807) is 0 Å². The summed E-state index contributed by atoms with van der Waals surface area (Å²) >= 11 is 0. The Bertz CT molecular complexity index is 2120. The fraction of sp³-hybridized carbons (Fsp3) is 0.0312. The second-order valence-electron chi connectivity index (χ2n) is 9.68. The van der Waals surface area contributed by atoms with Crippen LogP contribution < -0.4 is 5.32 Å². The number of allylic oxidation sites excluding steroid dienone is 2. The Balaban J connectivity index is 1.36. The normalized spacial score (nSPS) is 16.8. The van der Waals surface area contributed by atoms with Gasteiger partial charge < -0.3 is 9.73 Å². The van der Waals surface area contributed by atoms with Gasteiger partial charge in [0.2, 0.25) is 0 Å². The molecule has 1 N–H and O–H groups in total. The van der Waals surface area contributed by atoms with Crippen molar-refractivity contribution in [3.05, 3.63) is 103 Å². The van der Waals surface area contributed by atoms with Crippen LogP contribution in [0.4, 0.5) is 11.5 Å². The first kappa shape index (κ1) is 18.5. The molecule has 4 heteroatoms. The van der Waals surface area contributed by atoms with Crippen molar-refractivity contribution >= 4 is 66.3 Å². The lowest BCUT2D eigenvalue weighted by atomic mass is 10.0. The van der Waals surface area contributed by atoms with E-state index in [1.165, 1.54) is 27.2 Å². The number of para-hydroxylation sites is 1. The number of rotatable bonds is 1. The van der Waals surface area contributed by atoms with Gasteiger partial charge in [-0.2, -0.15) is 0 Å². The maximum atomic E-state index is 6.46. The quantitative estimate of drug-likeness (QED) is 0.267. The number of anilines is 1. The van der Waals surface area contributed by atoms with Crippen LogP contribution in [-0.4, -0.2) is 16.2 Å². The highest BCUT2D eigenvalue weighted by Crippen LogP contribution is 2.47. The number of aliphatic imine (C=N–C) groups is 1. The van der Waals surface area contributed by atoms with Crippen molar-refractivity contribution < 1.29 is 4.42 Å². The van der Waals surface area contributed by atoms with E-state index < -0.39 is 0 Å². The largest absolute Gasteiger partial charge is 0.456 e. The third-order valence-corrected chi connectivity index (χ3v) is 7.73. The maximum Gasteiger partial charge on any atom is 0.162 e. The summed E-state index contributed by atoms with van der Waals surface area (Å²) < 4.78 is 8.76. The third-order valence-electron chi connectivity index (χ3n) is 7.73. The zero-order valence-electron chi connectivity index (χ0n) is 19.2. The van der Waals surface area contributed by atoms with Crippen molar-refractivity contribution in [2.75, 3.05) is 5.32 Å². The van der Waals surface area contributed by atoms with Crippen molar-refractivity contribution in [3.8, 4) is 11.1 Å². The molecule has 4 aromatic carbocycles. The molecule has 4 heterocycles. The molecule has 1 atom stereocenters. The van der Waals surface area contributed by atoms with Crippen LogP contribution in [0, 0.1) is 0 Å². The Kier molecular flexibility index (Phi) is 3.30. The lowest BCUT2D eigenvalue weighted by Crippen LogP contribution is -2.29. The topological polar surface area (TPSA) is 41.9 Å². The van der Waals surface area contributed by atoms with E-state index in [9.17, 15) is 0 Å². The molecule has 0 bridgehead atoms. The minimum absolute atomic E-state index is 0.112. The smallest absolute Gasteiger partial charge is 0.162 e. The van der Waals surface area contributed by atoms with Gasteiger partial charge in [-0.15, -0.1) is 0 Å². The summed E-state index contributed by atoms with van der Waals surface area (Å²) in [6.45, 7) is 0. The van der Waals surface area contributed by atoms with Gasteiger partial charge >= 0.3 is 0 Å². The first-order valence-electron chi connectivity index (χ1n) is 12.3. The van der Waals surface area contributed by atoms with Gasteiger partial charge in [0.15, 0.2) is 5.82 Å². The summed E-state index contributed by atoms with van der Waals surface area (Å²) in [7, 11) is 0. The Morgan fingerprint density at radius 2 is 1.61 bits per heavy atom. The summed E-state index contributed by atoms with van der Waals surface area (Å²) in [6, 6.07) is 28.1. The van der Waals surface area contributed by atoms with E-state index >= 15 is 0 Å². The molecule has 0 saturated carbocycles. The van der Waals surface area contributed by atoms with Crippen LogP contribution in [0.25, 0.3) is 60.3 Å². The number of hydrogen-bond donors (Lipinski definition) is 1. The average Bonchev–Trinajstić information content (AvgIpc) is 3.56. The molecule has 2 aliphatic rings. The molecule has 168 valence electrons. The number of furan rings is 1. The zero-order chi connectivity index (χ0) is 23.4. The molecule has 9 rings (SSSR count). The van der Waals surface area contributed by atoms with Gasteiger partial charge in [-0.05, 0) is 35.4 Å². The van der Waals surface area contributed by atoms with E-state index in [0.717, 1.165) is 50.2 Å². The summed E-state index contributed by atoms with van der Waals surface area (Å²) in [5, 5.41) is 9.68. The highest BCUT2D eigenvalue weighted by molar-refractivity contribution is 6.24. The molecule has 1 aliphatic heterocycles. The van der Waals surface area contributed by atoms with Gasteiger partial charge in [0, 0.05) is 33.0 Å². The predicted molar refractivity (Wildman–Crippen MR) is 149 cm³/mol. The lowest BCUT2D eigenvalue weighted by molar-refractivity contribution is 0.669. The SMILES string of the molecule is C1=CC2=Nc3c(c4cccc5c6cc7c(cc6n3c45)oc3cc(-c4ccccc4)ccc37)NC2C=C1. The molecule has 4 nitrogen and oxygen atoms in total. The van der Waals surface area contributed by atoms with Crippen molar-refractivity contribution in [2.24, 2.45) is 4.99 Å². The molecule has 0 amide bonds. The number of nitrogens with zero attached hydrogens (tertiary/aromatic N) is 2. The van der Waals surface area contributed by atoms with Crippen molar-refractivity contribution in [3.63, 3.8) is 0 Å². The fourth-order valence-electron chi connectivity index (χ4n) is 6.09. The van der Waals surface area contributed by atoms with Crippen LogP contribution in [-0.2, 0) is 0 Å². The molecule has 0 fully saturated rings. The molecule has 0 radical (unpaired) electrons. The van der Waals surface area contributed by atoms with Crippen LogP contribution in [0.5, 0.6) is 0 Å². The first-order valence-corrected chi connectivity index (χ1v) is 12.3. The van der Waals surface area contributed by atoms with Gasteiger partial charge in [0.1, 0.15) is 11.2 Å². The van der Waals surface area contributed by atoms with Crippen molar-refractivity contribution in [2.45, 2.75) is 6.04 Å². The van der Waals surface area contributed by atoms with Crippen LogP contribution >= 0.6 is 0 Å². The van der Waals surface area contributed by atoms with Crippen LogP contribution in [0.15, 0.2) is 113 Å². The Labute approximate surface area is 205 Å². The second kappa shape index (κ2) is 6.43. The number of hydrogen-bond acceptors (Lipinski definition) is 3. The average molecular weight is 462 g/mol. The Morgan fingerprint density at radius 1 is 0.722 bits per heavy atom. The molecule has 36 heavy (non-hydrogen) atoms. The summed E-state index contributed by atoms with van der Waals surface area (Å²) in [5.74, 6) is 0.962. The van der Waals surface area contributed by atoms with Crippen LogP contribution in [0.1, 0.15) is 0 Å². The molecule has 7 aromatic rings. The molecule has 3 aromatic heterocycles. The maximum absolute atomic E-state index is 6.46. The molecular weight excluding hydrogens is 442 g/mol. The molecule has 0 saturated heterocycles. The minimum Gasteiger partial charge on any atom is -0.456 e. The Morgan fingerprint density at radius 3 is 2.56 bits per heavy atom. The van der Waals surface area contributed by atoms with E-state index in [0.29, 0.717) is 0 Å². The van der Waals surface area contributed by atoms with Gasteiger partial charge in [-0.3, -0.25) is 4.40 Å². The zero-order valence-corrected chi connectivity index (χ0v) is 19.2. The summed E-state index contributed by atoms with van der Waals surface area (Å²) in [6.07, 6.45) is 8.38. The highest BCUT2D eigenvalue weighted by atomic mass is 16.3. The number of nitrogens with one attached hydrogen (secondary N) is 1. The number of benzene rings is 4. The van der Waals surface area contributed by atoms with Crippen molar-refractivity contribution in [1.29, 1.82) is 0 Å². The second-order valence-corrected chi connectivity index (χ2v) is 9.68. The fourth-order valence-corrected chi connectivity index (χ4v) is 6.09. The minimum atomic E-state index is 0.112. The monoisotopic (exact) mass is 461 g/mol. The number of aromatic nitrogens is 1. The standard InChI is InChI=1S/C32H19N3O/c1-2-7-18(8-3-1)19-13-14-20-24-16-23-21-9-6-10-22-30-32(34-26-12-5-4-11-25(26)33-30)35(31(21)22)27(23)17-29(24)36-28(20)15-19/h1-17,25,33H. The van der Waals surface area contributed by atoms with E-state index in [2.05, 4.69) is 107 Å². The van der Waals surface area contributed by atoms with E-state index in [1.807, 2.05) is 6.07 Å². The number of fused-ring (bicyclic) bond motifs is 10. The summed E-state index contributed by atoms with van der Waals surface area (Å²) in [5.41, 5.74) is 8.63. The molecule has 1 unspecified atom stereocenters. The van der Waals surface area contributed by atoms with E-state index in [-0.39, 0.29) is 6.04 Å². The van der Waals surface area contributed by atoms with E-state index in [4.69, 9.17) is 9.41 Å². The van der Waals surface area contributed by atoms with Gasteiger partial charge in [0.25, 0.3) is 0 Å². The Hall–Kier alpha value is -4.83. The van der Waals surface area contributed by atoms with Crippen LogP contribution in [0.2, 0.25) is 0 Å². The molecule has 1 aliphatic carbocycles. The first-order chi connectivity index (χ1) is 17.8. The molecule has 0 spiro atoms. The van der Waals surface area contributed by atoms with Gasteiger partial charge in [-0.1, -0.05) is 72.8 Å².